The van der Waals surface area contributed by atoms with Gasteiger partial charge in [0.1, 0.15) is 0 Å². The number of carbonyl (C=O) groups excluding carboxylic acids is 1. The van der Waals surface area contributed by atoms with Gasteiger partial charge in [-0.2, -0.15) is 0 Å². The van der Waals surface area contributed by atoms with Crippen LogP contribution in [-0.2, 0) is 4.84 Å². The first kappa shape index (κ1) is 17.8. The van der Waals surface area contributed by atoms with E-state index in [-0.39, 0.29) is 16.8 Å². The van der Waals surface area contributed by atoms with Crippen molar-refractivity contribution in [2.45, 2.75) is 38.5 Å². The molecule has 2 aromatic carbocycles. The van der Waals surface area contributed by atoms with Crippen LogP contribution < -0.4 is 0 Å². The molecule has 1 fully saturated rings. The second-order valence-corrected chi connectivity index (χ2v) is 6.43. The number of rotatable bonds is 4. The van der Waals surface area contributed by atoms with Gasteiger partial charge in [0.05, 0.1) is 16.2 Å². The molecule has 0 aromatic heterocycles. The monoisotopic (exact) mass is 352 g/mol. The lowest BCUT2D eigenvalue weighted by Gasteiger charge is -2.22. The minimum absolute atomic E-state index is 0.101. The molecule has 3 rings (SSSR count). The first-order chi connectivity index (χ1) is 12.6. The van der Waals surface area contributed by atoms with Crippen molar-refractivity contribution in [1.29, 1.82) is 0 Å². The van der Waals surface area contributed by atoms with Crippen molar-refractivity contribution < 1.29 is 14.6 Å². The molecule has 0 spiro atoms. The van der Waals surface area contributed by atoms with Crippen LogP contribution in [0.4, 0.5) is 5.69 Å². The fraction of sp³-hybridized carbons (Fsp3) is 0.300. The minimum atomic E-state index is -0.663. The summed E-state index contributed by atoms with van der Waals surface area (Å²) in [6.45, 7) is 1.53. The molecule has 0 saturated heterocycles. The zero-order chi connectivity index (χ0) is 18.5. The third-order valence-electron chi connectivity index (χ3n) is 4.81. The Bertz CT molecular complexity index is 836. The highest BCUT2D eigenvalue weighted by molar-refractivity contribution is 5.93. The predicted molar refractivity (Wildman–Crippen MR) is 98.3 cm³/mol. The molecule has 0 aliphatic heterocycles. The molecule has 1 aliphatic carbocycles. The lowest BCUT2D eigenvalue weighted by Crippen LogP contribution is -2.14. The van der Waals surface area contributed by atoms with Crippen LogP contribution in [0, 0.1) is 17.0 Å². The largest absolute Gasteiger partial charge is 0.366 e. The standard InChI is InChI=1S/C20H20N2O4/c1-14-18(8-5-9-19(14)22(24)25)20(23)26-21-17-12-10-16(11-13-17)15-6-3-2-4-7-15/h2-9,16H,10-13H2,1H3. The SMILES string of the molecule is Cc1c(C(=O)ON=C2CCC(c3ccccc3)CC2)cccc1[N+](=O)[O-]. The van der Waals surface area contributed by atoms with E-state index in [1.54, 1.807) is 0 Å². The summed E-state index contributed by atoms with van der Waals surface area (Å²) in [5.41, 5.74) is 2.54. The second-order valence-electron chi connectivity index (χ2n) is 6.43. The van der Waals surface area contributed by atoms with Gasteiger partial charge in [-0.15, -0.1) is 0 Å². The molecule has 0 radical (unpaired) electrons. The molecule has 0 unspecified atom stereocenters. The average molecular weight is 352 g/mol. The van der Waals surface area contributed by atoms with Crippen molar-refractivity contribution in [3.8, 4) is 0 Å². The van der Waals surface area contributed by atoms with Gasteiger partial charge in [0.15, 0.2) is 0 Å². The summed E-state index contributed by atoms with van der Waals surface area (Å²) in [7, 11) is 0. The van der Waals surface area contributed by atoms with Crippen LogP contribution in [0.25, 0.3) is 0 Å². The number of oxime groups is 1. The highest BCUT2D eigenvalue weighted by atomic mass is 16.7. The Morgan fingerprint density at radius 3 is 2.46 bits per heavy atom. The lowest BCUT2D eigenvalue weighted by molar-refractivity contribution is -0.385. The van der Waals surface area contributed by atoms with Crippen molar-refractivity contribution in [2.24, 2.45) is 5.16 Å². The highest BCUT2D eigenvalue weighted by Gasteiger charge is 2.22. The van der Waals surface area contributed by atoms with Crippen molar-refractivity contribution in [3.05, 3.63) is 75.3 Å². The van der Waals surface area contributed by atoms with Crippen LogP contribution in [0.3, 0.4) is 0 Å². The van der Waals surface area contributed by atoms with Gasteiger partial charge >= 0.3 is 5.97 Å². The number of hydrogen-bond acceptors (Lipinski definition) is 5. The number of nitro groups is 1. The Morgan fingerprint density at radius 2 is 1.81 bits per heavy atom. The smallest absolute Gasteiger partial charge is 0.313 e. The fourth-order valence-electron chi connectivity index (χ4n) is 3.30. The molecule has 1 aliphatic rings. The number of carbonyl (C=O) groups is 1. The Hall–Kier alpha value is -3.02. The third-order valence-corrected chi connectivity index (χ3v) is 4.81. The number of nitro benzene ring substituents is 1. The Morgan fingerprint density at radius 1 is 1.12 bits per heavy atom. The topological polar surface area (TPSA) is 81.8 Å². The van der Waals surface area contributed by atoms with Crippen LogP contribution in [0.1, 0.15) is 53.1 Å². The van der Waals surface area contributed by atoms with Gasteiger partial charge in [0, 0.05) is 11.6 Å². The first-order valence-corrected chi connectivity index (χ1v) is 8.62. The van der Waals surface area contributed by atoms with Crippen molar-refractivity contribution in [1.82, 2.24) is 0 Å². The molecular weight excluding hydrogens is 332 g/mol. The van der Waals surface area contributed by atoms with Gasteiger partial charge in [-0.25, -0.2) is 4.79 Å². The summed E-state index contributed by atoms with van der Waals surface area (Å²) in [5, 5.41) is 15.0. The fourth-order valence-corrected chi connectivity index (χ4v) is 3.30. The van der Waals surface area contributed by atoms with E-state index < -0.39 is 10.9 Å². The summed E-state index contributed by atoms with van der Waals surface area (Å²) in [6.07, 6.45) is 3.49. The lowest BCUT2D eigenvalue weighted by atomic mass is 9.83. The van der Waals surface area contributed by atoms with E-state index in [4.69, 9.17) is 4.84 Å². The Balaban J connectivity index is 1.62. The van der Waals surface area contributed by atoms with Crippen LogP contribution in [0.2, 0.25) is 0 Å². The zero-order valence-corrected chi connectivity index (χ0v) is 14.6. The molecule has 6 nitrogen and oxygen atoms in total. The van der Waals surface area contributed by atoms with E-state index in [0.29, 0.717) is 5.92 Å². The molecule has 2 aromatic rings. The summed E-state index contributed by atoms with van der Waals surface area (Å²) in [5.74, 6) is -0.159. The van der Waals surface area contributed by atoms with Crippen LogP contribution in [-0.4, -0.2) is 16.6 Å². The number of nitrogens with zero attached hydrogens (tertiary/aromatic N) is 2. The van der Waals surface area contributed by atoms with E-state index in [1.165, 1.54) is 30.7 Å². The van der Waals surface area contributed by atoms with Crippen molar-refractivity contribution in [3.63, 3.8) is 0 Å². The molecule has 26 heavy (non-hydrogen) atoms. The van der Waals surface area contributed by atoms with E-state index >= 15 is 0 Å². The van der Waals surface area contributed by atoms with Gasteiger partial charge in [0.25, 0.3) is 5.69 Å². The molecule has 1 saturated carbocycles. The molecule has 0 heterocycles. The maximum Gasteiger partial charge on any atom is 0.366 e. The molecule has 6 heteroatoms. The normalized spacial score (nSPS) is 16.8. The summed E-state index contributed by atoms with van der Waals surface area (Å²) in [6, 6.07) is 14.7. The maximum atomic E-state index is 12.2. The van der Waals surface area contributed by atoms with Gasteiger partial charge in [-0.3, -0.25) is 10.1 Å². The molecular formula is C20H20N2O4. The van der Waals surface area contributed by atoms with E-state index in [2.05, 4.69) is 17.3 Å². The first-order valence-electron chi connectivity index (χ1n) is 8.62. The summed E-state index contributed by atoms with van der Waals surface area (Å²) < 4.78 is 0. The van der Waals surface area contributed by atoms with Crippen molar-refractivity contribution in [2.75, 3.05) is 0 Å². The van der Waals surface area contributed by atoms with Crippen LogP contribution in [0.5, 0.6) is 0 Å². The van der Waals surface area contributed by atoms with Crippen molar-refractivity contribution >= 4 is 17.4 Å². The Labute approximate surface area is 151 Å². The van der Waals surface area contributed by atoms with Crippen LogP contribution >= 0.6 is 0 Å². The number of benzene rings is 2. The minimum Gasteiger partial charge on any atom is -0.313 e. The van der Waals surface area contributed by atoms with E-state index in [1.807, 2.05) is 18.2 Å². The van der Waals surface area contributed by atoms with Gasteiger partial charge in [-0.05, 0) is 50.2 Å². The summed E-state index contributed by atoms with van der Waals surface area (Å²) in [4.78, 5) is 27.7. The molecule has 0 bridgehead atoms. The molecule has 134 valence electrons. The second kappa shape index (κ2) is 7.91. The van der Waals surface area contributed by atoms with Gasteiger partial charge < -0.3 is 4.84 Å². The van der Waals surface area contributed by atoms with Crippen LogP contribution in [0.15, 0.2) is 53.7 Å². The average Bonchev–Trinajstić information content (AvgIpc) is 2.67. The Kier molecular flexibility index (Phi) is 5.41. The number of hydrogen-bond donors (Lipinski definition) is 0. The maximum absolute atomic E-state index is 12.2. The quantitative estimate of drug-likeness (QED) is 0.451. The summed E-state index contributed by atoms with van der Waals surface area (Å²) >= 11 is 0. The zero-order valence-electron chi connectivity index (χ0n) is 14.6. The third kappa shape index (κ3) is 3.96. The molecule has 0 atom stereocenters. The van der Waals surface area contributed by atoms with Gasteiger partial charge in [-0.1, -0.05) is 41.6 Å². The van der Waals surface area contributed by atoms with Gasteiger partial charge in [0.2, 0.25) is 0 Å². The predicted octanol–water partition coefficient (Wildman–Crippen LogP) is 4.77. The molecule has 0 N–H and O–H groups in total. The highest BCUT2D eigenvalue weighted by Crippen LogP contribution is 2.31. The van der Waals surface area contributed by atoms with E-state index in [9.17, 15) is 14.9 Å². The molecule has 0 amide bonds. The van der Waals surface area contributed by atoms with E-state index in [0.717, 1.165) is 31.4 Å².